The Labute approximate surface area is 562 Å². The number of carbonyl (C=O) groups is 4. The van der Waals surface area contributed by atoms with Gasteiger partial charge in [0.05, 0.1) is 26.4 Å². The van der Waals surface area contributed by atoms with E-state index in [1.54, 1.807) is 0 Å². The van der Waals surface area contributed by atoms with Crippen molar-refractivity contribution in [1.82, 2.24) is 0 Å². The molecule has 92 heavy (non-hydrogen) atoms. The van der Waals surface area contributed by atoms with Gasteiger partial charge in [0.1, 0.15) is 19.3 Å². The molecule has 546 valence electrons. The van der Waals surface area contributed by atoms with Gasteiger partial charge in [0.15, 0.2) is 12.2 Å². The Hall–Kier alpha value is -1.94. The highest BCUT2D eigenvalue weighted by Gasteiger charge is 2.30. The number of rotatable bonds is 71. The number of aliphatic hydroxyl groups excluding tert-OH is 1. The lowest BCUT2D eigenvalue weighted by molar-refractivity contribution is -0.161. The van der Waals surface area contributed by atoms with E-state index in [0.717, 1.165) is 114 Å². The molecule has 0 saturated heterocycles. The second kappa shape index (κ2) is 63.8. The number of hydrogen-bond donors (Lipinski definition) is 3. The molecular formula is C73H142O17P2. The van der Waals surface area contributed by atoms with Crippen molar-refractivity contribution in [2.24, 2.45) is 17.8 Å². The van der Waals surface area contributed by atoms with Crippen molar-refractivity contribution in [3.05, 3.63) is 0 Å². The fraction of sp³-hybridized carbons (Fsp3) is 0.945. The van der Waals surface area contributed by atoms with Gasteiger partial charge in [0.25, 0.3) is 0 Å². The number of aliphatic hydroxyl groups is 1. The van der Waals surface area contributed by atoms with E-state index in [2.05, 4.69) is 48.5 Å². The van der Waals surface area contributed by atoms with E-state index in [4.69, 9.17) is 37.0 Å². The molecule has 0 radical (unpaired) electrons. The molecule has 0 aromatic carbocycles. The van der Waals surface area contributed by atoms with Crippen molar-refractivity contribution in [3.63, 3.8) is 0 Å². The van der Waals surface area contributed by atoms with Crippen LogP contribution >= 0.6 is 15.6 Å². The second-order valence-electron chi connectivity index (χ2n) is 27.5. The summed E-state index contributed by atoms with van der Waals surface area (Å²) in [6.45, 7) is 11.8. The number of ether oxygens (including phenoxy) is 4. The minimum Gasteiger partial charge on any atom is -0.462 e. The van der Waals surface area contributed by atoms with Gasteiger partial charge in [0.2, 0.25) is 0 Å². The van der Waals surface area contributed by atoms with Crippen LogP contribution in [-0.2, 0) is 65.4 Å². The van der Waals surface area contributed by atoms with Crippen LogP contribution in [0.1, 0.15) is 370 Å². The molecule has 0 aliphatic rings. The highest BCUT2D eigenvalue weighted by atomic mass is 31.2. The van der Waals surface area contributed by atoms with Crippen molar-refractivity contribution < 1.29 is 80.2 Å². The van der Waals surface area contributed by atoms with E-state index in [-0.39, 0.29) is 25.7 Å². The number of esters is 4. The summed E-state index contributed by atoms with van der Waals surface area (Å²) in [6, 6.07) is 0. The molecule has 0 heterocycles. The lowest BCUT2D eigenvalue weighted by Crippen LogP contribution is -2.30. The van der Waals surface area contributed by atoms with Crippen molar-refractivity contribution in [2.75, 3.05) is 39.6 Å². The molecule has 3 unspecified atom stereocenters. The summed E-state index contributed by atoms with van der Waals surface area (Å²) in [7, 11) is -9.90. The first-order chi connectivity index (χ1) is 44.3. The van der Waals surface area contributed by atoms with E-state index in [0.29, 0.717) is 25.7 Å². The highest BCUT2D eigenvalue weighted by molar-refractivity contribution is 7.47. The molecule has 0 fully saturated rings. The van der Waals surface area contributed by atoms with Crippen molar-refractivity contribution >= 4 is 39.5 Å². The molecule has 17 nitrogen and oxygen atoms in total. The van der Waals surface area contributed by atoms with Crippen molar-refractivity contribution in [1.29, 1.82) is 0 Å². The summed E-state index contributed by atoms with van der Waals surface area (Å²) in [5, 5.41) is 10.6. The summed E-state index contributed by atoms with van der Waals surface area (Å²) in [6.07, 6.45) is 48.6. The molecule has 0 spiro atoms. The lowest BCUT2D eigenvalue weighted by Gasteiger charge is -2.21. The first kappa shape index (κ1) is 90.1. The van der Waals surface area contributed by atoms with Crippen LogP contribution in [0, 0.1) is 17.8 Å². The van der Waals surface area contributed by atoms with E-state index in [1.807, 2.05) is 0 Å². The Morgan fingerprint density at radius 2 is 0.554 bits per heavy atom. The van der Waals surface area contributed by atoms with Crippen LogP contribution in [0.25, 0.3) is 0 Å². The molecule has 6 atom stereocenters. The Bertz CT molecular complexity index is 1800. The standard InChI is InChI=1S/C73H142O17P2/c1-8-10-11-12-13-14-21-27-33-42-49-56-72(77)90-69(61-84-71(76)55-48-41-36-35-39-46-53-66(7)9-2)63-88-92(81,82)86-59-67(74)58-85-91(79,80)87-62-68(60-83-70(75)54-47-40-32-29-24-26-31-38-45-52-65(5)6)89-73(78)57-50-43-34-28-23-20-18-16-15-17-19-22-25-30-37-44-51-64(3)4/h64-69,74H,8-63H2,1-7H3,(H,79,80)(H,81,82)/t66?,67-,68-,69-/m1/s1. The molecule has 0 saturated carbocycles. The third-order valence-corrected chi connectivity index (χ3v) is 19.1. The molecule has 19 heteroatoms. The number of phosphoric acid groups is 2. The van der Waals surface area contributed by atoms with E-state index in [9.17, 15) is 43.2 Å². The maximum absolute atomic E-state index is 13.1. The molecule has 0 aliphatic heterocycles. The summed E-state index contributed by atoms with van der Waals surface area (Å²) in [5.41, 5.74) is 0. The Morgan fingerprint density at radius 1 is 0.315 bits per heavy atom. The van der Waals surface area contributed by atoms with Gasteiger partial charge in [-0.1, -0.05) is 318 Å². The smallest absolute Gasteiger partial charge is 0.462 e. The van der Waals surface area contributed by atoms with Gasteiger partial charge in [-0.05, 0) is 43.4 Å². The van der Waals surface area contributed by atoms with Gasteiger partial charge in [-0.25, -0.2) is 9.13 Å². The minimum atomic E-state index is -4.95. The Balaban J connectivity index is 5.22. The Morgan fingerprint density at radius 3 is 0.826 bits per heavy atom. The van der Waals surface area contributed by atoms with Crippen LogP contribution < -0.4 is 0 Å². The van der Waals surface area contributed by atoms with E-state index >= 15 is 0 Å². The third-order valence-electron chi connectivity index (χ3n) is 17.2. The molecule has 0 rings (SSSR count). The molecule has 0 aromatic heterocycles. The maximum atomic E-state index is 13.1. The molecule has 0 aliphatic carbocycles. The lowest BCUT2D eigenvalue weighted by atomic mass is 10.00. The SMILES string of the molecule is CCCCCCCCCCCCCC(=O)O[C@H](COC(=O)CCCCCCCCC(C)CC)COP(=O)(O)OC[C@H](O)COP(=O)(O)OC[C@@H](COC(=O)CCCCCCCCCCCC(C)C)OC(=O)CCCCCCCCCCCCCCCCCCC(C)C. The minimum absolute atomic E-state index is 0.106. The quantitative estimate of drug-likeness (QED) is 0.0222. The molecule has 0 amide bonds. The van der Waals surface area contributed by atoms with Crippen LogP contribution in [0.3, 0.4) is 0 Å². The predicted molar refractivity (Wildman–Crippen MR) is 372 cm³/mol. The van der Waals surface area contributed by atoms with Gasteiger partial charge >= 0.3 is 39.5 Å². The third kappa shape index (κ3) is 65.4. The molecular weight excluding hydrogens is 1210 g/mol. The number of carbonyl (C=O) groups excluding carboxylic acids is 4. The van der Waals surface area contributed by atoms with Crippen LogP contribution in [0.2, 0.25) is 0 Å². The molecule has 0 bridgehead atoms. The topological polar surface area (TPSA) is 237 Å². The van der Waals surface area contributed by atoms with Crippen LogP contribution in [-0.4, -0.2) is 96.7 Å². The van der Waals surface area contributed by atoms with Crippen LogP contribution in [0.4, 0.5) is 0 Å². The molecule has 0 aromatic rings. The highest BCUT2D eigenvalue weighted by Crippen LogP contribution is 2.45. The maximum Gasteiger partial charge on any atom is 0.472 e. The second-order valence-corrected chi connectivity index (χ2v) is 30.4. The first-order valence-electron chi connectivity index (χ1n) is 37.9. The Kier molecular flexibility index (Phi) is 62.4. The average Bonchev–Trinajstić information content (AvgIpc) is 1.53. The fourth-order valence-corrected chi connectivity index (χ4v) is 12.6. The zero-order chi connectivity index (χ0) is 68.0. The van der Waals surface area contributed by atoms with Crippen molar-refractivity contribution in [2.45, 2.75) is 388 Å². The van der Waals surface area contributed by atoms with Gasteiger partial charge in [-0.3, -0.25) is 37.3 Å². The largest absolute Gasteiger partial charge is 0.472 e. The summed E-state index contributed by atoms with van der Waals surface area (Å²) in [4.78, 5) is 72.6. The number of hydrogen-bond acceptors (Lipinski definition) is 15. The van der Waals surface area contributed by atoms with Crippen LogP contribution in [0.5, 0.6) is 0 Å². The van der Waals surface area contributed by atoms with E-state index in [1.165, 1.54) is 173 Å². The van der Waals surface area contributed by atoms with E-state index < -0.39 is 97.5 Å². The first-order valence-corrected chi connectivity index (χ1v) is 40.9. The summed E-state index contributed by atoms with van der Waals surface area (Å²) in [5.74, 6) is 0.161. The summed E-state index contributed by atoms with van der Waals surface area (Å²) < 4.78 is 68.4. The average molecular weight is 1350 g/mol. The predicted octanol–water partition coefficient (Wildman–Crippen LogP) is 21.0. The molecule has 3 N–H and O–H groups in total. The monoisotopic (exact) mass is 1350 g/mol. The van der Waals surface area contributed by atoms with Gasteiger partial charge < -0.3 is 33.8 Å². The summed E-state index contributed by atoms with van der Waals surface area (Å²) >= 11 is 0. The van der Waals surface area contributed by atoms with Crippen molar-refractivity contribution in [3.8, 4) is 0 Å². The fourth-order valence-electron chi connectivity index (χ4n) is 11.0. The zero-order valence-corrected chi connectivity index (χ0v) is 61.8. The van der Waals surface area contributed by atoms with Crippen LogP contribution in [0.15, 0.2) is 0 Å². The zero-order valence-electron chi connectivity index (χ0n) is 60.0. The number of unbranched alkanes of at least 4 members (excludes halogenated alkanes) is 38. The van der Waals surface area contributed by atoms with Gasteiger partial charge in [-0.15, -0.1) is 0 Å². The number of phosphoric ester groups is 2. The normalized spacial score (nSPS) is 14.4. The van der Waals surface area contributed by atoms with Gasteiger partial charge in [-0.2, -0.15) is 0 Å². The van der Waals surface area contributed by atoms with Gasteiger partial charge in [0, 0.05) is 25.7 Å².